The fraction of sp³-hybridized carbons (Fsp3) is 0. The first kappa shape index (κ1) is 121. The van der Waals surface area contributed by atoms with Crippen LogP contribution >= 0.6 is 0 Å². The van der Waals surface area contributed by atoms with E-state index in [1.165, 1.54) is 0 Å². The van der Waals surface area contributed by atoms with Crippen LogP contribution in [0.5, 0.6) is 0 Å². The van der Waals surface area contributed by atoms with E-state index in [-0.39, 0.29) is 232 Å². The molecule has 0 aliphatic carbocycles. The predicted molar refractivity (Wildman–Crippen MR) is 69.0 cm³/mol. The Balaban J connectivity index is 0. The quantitative estimate of drug-likeness (QED) is 0.215. The molecule has 6 radical (unpaired) electrons. The summed E-state index contributed by atoms with van der Waals surface area (Å²) in [6, 6.07) is 0. The molecule has 0 saturated carbocycles. The van der Waals surface area contributed by atoms with Crippen molar-refractivity contribution in [1.82, 2.24) is 0 Å². The Kier molecular flexibility index (Phi) is 1030. The van der Waals surface area contributed by atoms with Crippen LogP contribution in [0.4, 0.5) is 0 Å². The molecular formula is Bi3Se9-9. The minimum Gasteiger partial charge on any atom is -2.00 e. The van der Waals surface area contributed by atoms with Gasteiger partial charge in [-0.2, -0.15) is 0 Å². The van der Waals surface area contributed by atoms with Crippen LogP contribution in [0.25, 0.3) is 0 Å². The van der Waals surface area contributed by atoms with Crippen molar-refractivity contribution in [3.8, 4) is 0 Å². The van der Waals surface area contributed by atoms with E-state index in [9.17, 15) is 0 Å². The summed E-state index contributed by atoms with van der Waals surface area (Å²) in [5, 5.41) is 0. The molecule has 0 aromatic heterocycles. The summed E-state index contributed by atoms with van der Waals surface area (Å²) in [6.45, 7) is 0. The Hall–Kier alpha value is 7.32. The predicted octanol–water partition coefficient (Wildman–Crippen LogP) is -4.57. The molecule has 0 amide bonds. The fourth-order valence-corrected chi connectivity index (χ4v) is 0. The normalized spacial score (nSPS) is 0. The summed E-state index contributed by atoms with van der Waals surface area (Å²) in [6.07, 6.45) is 0. The SMILES string of the molecule is [Bi+3].[Bi+3].[Bi+3].[Se-2].[Se-2].[Se-2].[Se-2].[Se-2].[Se-2].[Se-2].[Se-2].[Se-2]. The maximum absolute atomic E-state index is 0. The van der Waals surface area contributed by atoms with Crippen molar-refractivity contribution in [3.63, 3.8) is 0 Å². The summed E-state index contributed by atoms with van der Waals surface area (Å²) in [7, 11) is 0. The molecule has 0 aliphatic heterocycles. The van der Waals surface area contributed by atoms with Crippen molar-refractivity contribution in [3.05, 3.63) is 0 Å². The van der Waals surface area contributed by atoms with E-state index < -0.39 is 0 Å². The summed E-state index contributed by atoms with van der Waals surface area (Å²) in [4.78, 5) is 0. The molecule has 0 nitrogen and oxygen atoms in total. The van der Waals surface area contributed by atoms with Crippen LogP contribution in [-0.4, -0.2) is 232 Å². The Labute approximate surface area is 226 Å². The van der Waals surface area contributed by atoms with E-state index in [0.717, 1.165) is 0 Å². The molecule has 0 spiro atoms. The zero-order valence-corrected chi connectivity index (χ0v) is 30.9. The average molecular weight is 1340 g/mol. The molecule has 0 rings (SSSR count). The largest absolute Gasteiger partial charge is 3.00 e. The van der Waals surface area contributed by atoms with E-state index in [1.807, 2.05) is 0 Å². The second-order valence-corrected chi connectivity index (χ2v) is 0. The third kappa shape index (κ3) is 86.1. The molecule has 0 fully saturated rings. The molecule has 0 bridgehead atoms. The van der Waals surface area contributed by atoms with E-state index in [0.29, 0.717) is 0 Å². The number of rotatable bonds is 0. The Morgan fingerprint density at radius 3 is 0.167 bits per heavy atom. The van der Waals surface area contributed by atoms with Gasteiger partial charge in [-0.1, -0.05) is 0 Å². The third-order valence-corrected chi connectivity index (χ3v) is 0. The second-order valence-electron chi connectivity index (χ2n) is 0. The summed E-state index contributed by atoms with van der Waals surface area (Å²) in [5.74, 6) is 0. The first-order valence-electron chi connectivity index (χ1n) is 0. The third-order valence-electron chi connectivity index (χ3n) is 0. The molecule has 0 saturated heterocycles. The van der Waals surface area contributed by atoms with Gasteiger partial charge in [-0.15, -0.1) is 0 Å². The van der Waals surface area contributed by atoms with Crippen molar-refractivity contribution in [2.45, 2.75) is 0 Å². The van der Waals surface area contributed by atoms with Crippen LogP contribution in [0.15, 0.2) is 0 Å². The van der Waals surface area contributed by atoms with E-state index in [2.05, 4.69) is 0 Å². The van der Waals surface area contributed by atoms with Crippen molar-refractivity contribution in [1.29, 1.82) is 0 Å². The zero-order chi connectivity index (χ0) is 0. The van der Waals surface area contributed by atoms with Gasteiger partial charge in [0.15, 0.2) is 0 Å². The maximum Gasteiger partial charge on any atom is 3.00 e. The van der Waals surface area contributed by atoms with Gasteiger partial charge in [-0.25, -0.2) is 0 Å². The fourth-order valence-electron chi connectivity index (χ4n) is 0. The van der Waals surface area contributed by atoms with Gasteiger partial charge in [0.1, 0.15) is 0 Å². The first-order chi connectivity index (χ1) is 0. The summed E-state index contributed by atoms with van der Waals surface area (Å²) in [5.41, 5.74) is 0. The van der Waals surface area contributed by atoms with E-state index in [1.54, 1.807) is 0 Å². The minimum absolute atomic E-state index is 0. The molecule has 0 heterocycles. The number of hydrogen-bond acceptors (Lipinski definition) is 0. The Bertz CT molecular complexity index is 9.74. The van der Waals surface area contributed by atoms with Crippen LogP contribution in [0.2, 0.25) is 0 Å². The van der Waals surface area contributed by atoms with Crippen molar-refractivity contribution < 1.29 is 0 Å². The smallest absolute Gasteiger partial charge is 2.00 e. The molecule has 0 unspecified atom stereocenters. The Morgan fingerprint density at radius 1 is 0.167 bits per heavy atom. The molecule has 0 aliphatic rings. The van der Waals surface area contributed by atoms with Crippen LogP contribution < -0.4 is 0 Å². The molecule has 0 aromatic rings. The van der Waals surface area contributed by atoms with Gasteiger partial charge in [-0.05, 0) is 0 Å². The average Bonchev–Trinajstić information content (AvgIpc) is 0. The van der Waals surface area contributed by atoms with Crippen LogP contribution in [0.3, 0.4) is 0 Å². The Morgan fingerprint density at radius 2 is 0.167 bits per heavy atom. The first-order valence-corrected chi connectivity index (χ1v) is 0. The molecule has 0 N–H and O–H groups in total. The molecular weight excluding hydrogens is 1340 g/mol. The minimum atomic E-state index is 0. The monoisotopic (exact) mass is 1350 g/mol. The van der Waals surface area contributed by atoms with Gasteiger partial charge in [0.05, 0.1) is 0 Å². The van der Waals surface area contributed by atoms with Crippen molar-refractivity contribution >= 4 is 232 Å². The molecule has 78 valence electrons. The number of hydrogen-bond donors (Lipinski definition) is 0. The zero-order valence-electron chi connectivity index (χ0n) is 5.02. The van der Waals surface area contributed by atoms with Gasteiger partial charge in [0, 0.05) is 0 Å². The molecule has 0 aromatic carbocycles. The second kappa shape index (κ2) is 103. The van der Waals surface area contributed by atoms with Gasteiger partial charge in [0.25, 0.3) is 0 Å². The molecule has 0 atom stereocenters. The maximum atomic E-state index is 0. The van der Waals surface area contributed by atoms with Gasteiger partial charge < -0.3 is 154 Å². The molecule has 12 heavy (non-hydrogen) atoms. The molecule has 12 heteroatoms. The standard InChI is InChI=1S/3Bi.9Se/q3*+3;9*-2. The van der Waals surface area contributed by atoms with E-state index in [4.69, 9.17) is 0 Å². The van der Waals surface area contributed by atoms with E-state index >= 15 is 0 Å². The van der Waals surface area contributed by atoms with Gasteiger partial charge in [0.2, 0.25) is 0 Å². The van der Waals surface area contributed by atoms with Crippen molar-refractivity contribution in [2.75, 3.05) is 0 Å². The van der Waals surface area contributed by atoms with Gasteiger partial charge >= 0.3 is 78.6 Å². The van der Waals surface area contributed by atoms with Gasteiger partial charge in [-0.3, -0.25) is 0 Å². The summed E-state index contributed by atoms with van der Waals surface area (Å²) < 4.78 is 0. The van der Waals surface area contributed by atoms with Crippen LogP contribution in [0, 0.1) is 0 Å². The summed E-state index contributed by atoms with van der Waals surface area (Å²) >= 11 is 0. The van der Waals surface area contributed by atoms with Crippen LogP contribution in [-0.2, 0) is 0 Å². The van der Waals surface area contributed by atoms with Crippen molar-refractivity contribution in [2.24, 2.45) is 0 Å². The van der Waals surface area contributed by atoms with Crippen LogP contribution in [0.1, 0.15) is 0 Å². The topological polar surface area (TPSA) is 0 Å².